The van der Waals surface area contributed by atoms with Gasteiger partial charge in [-0.05, 0) is 13.8 Å². The molecule has 0 aliphatic carbocycles. The molecule has 5 nitrogen and oxygen atoms in total. The molecule has 0 aliphatic rings. The third kappa shape index (κ3) is 2.52. The first-order valence-electron chi connectivity index (χ1n) is 3.10. The van der Waals surface area contributed by atoms with Gasteiger partial charge in [0.2, 0.25) is 5.28 Å². The zero-order valence-corrected chi connectivity index (χ0v) is 6.28. The Kier molecular flexibility index (Phi) is 4.36. The molecule has 0 heterocycles. The van der Waals surface area contributed by atoms with Crippen LogP contribution in [0.3, 0.4) is 0 Å². The number of hydrogen-bond donors (Lipinski definition) is 0. The van der Waals surface area contributed by atoms with Gasteiger partial charge in [-0.1, -0.05) is 0 Å². The van der Waals surface area contributed by atoms with E-state index in [1.165, 1.54) is 5.01 Å². The van der Waals surface area contributed by atoms with E-state index in [0.29, 0.717) is 18.1 Å². The third-order valence-corrected chi connectivity index (χ3v) is 1.10. The van der Waals surface area contributed by atoms with E-state index in [1.54, 1.807) is 0 Å². The van der Waals surface area contributed by atoms with Gasteiger partial charge in [-0.3, -0.25) is 0 Å². The summed E-state index contributed by atoms with van der Waals surface area (Å²) >= 11 is 0. The van der Waals surface area contributed by atoms with Crippen LogP contribution in [0, 0.1) is 12.3 Å². The summed E-state index contributed by atoms with van der Waals surface area (Å²) in [5.74, 6) is 0. The number of hydrogen-bond acceptors (Lipinski definition) is 3. The van der Waals surface area contributed by atoms with Crippen LogP contribution < -0.4 is 0 Å². The Morgan fingerprint density at radius 1 is 1.60 bits per heavy atom. The molecule has 0 atom stereocenters. The SMILES string of the molecule is [CH2]O/N=[N+](/[O-])N(CC)CC. The average molecular weight is 146 g/mol. The van der Waals surface area contributed by atoms with E-state index in [0.717, 1.165) is 0 Å². The molecular weight excluding hydrogens is 134 g/mol. The summed E-state index contributed by atoms with van der Waals surface area (Å²) in [6.07, 6.45) is 0. The summed E-state index contributed by atoms with van der Waals surface area (Å²) < 4.78 is 0. The fraction of sp³-hybridized carbons (Fsp3) is 0.800. The minimum atomic E-state index is 0.382. The van der Waals surface area contributed by atoms with Crippen molar-refractivity contribution >= 4 is 0 Å². The highest BCUT2D eigenvalue weighted by molar-refractivity contribution is 4.29. The molecule has 0 aromatic carbocycles. The van der Waals surface area contributed by atoms with Crippen molar-refractivity contribution in [1.82, 2.24) is 5.01 Å². The van der Waals surface area contributed by atoms with E-state index in [1.807, 2.05) is 13.8 Å². The summed E-state index contributed by atoms with van der Waals surface area (Å²) in [6, 6.07) is 0. The maximum Gasteiger partial charge on any atom is 0.233 e. The minimum Gasteiger partial charge on any atom is -0.569 e. The van der Waals surface area contributed by atoms with E-state index in [9.17, 15) is 5.21 Å². The molecule has 0 aromatic heterocycles. The molecule has 5 heteroatoms. The molecule has 0 fully saturated rings. The molecule has 10 heavy (non-hydrogen) atoms. The van der Waals surface area contributed by atoms with Crippen molar-refractivity contribution in [1.29, 1.82) is 0 Å². The Hall–Kier alpha value is -1.00. The van der Waals surface area contributed by atoms with Gasteiger partial charge in [0.25, 0.3) is 0 Å². The van der Waals surface area contributed by atoms with Crippen LogP contribution in [0.15, 0.2) is 5.28 Å². The molecule has 0 bridgehead atoms. The Morgan fingerprint density at radius 3 is 2.40 bits per heavy atom. The quantitative estimate of drug-likeness (QED) is 0.337. The van der Waals surface area contributed by atoms with Gasteiger partial charge in [0.1, 0.15) is 0 Å². The monoisotopic (exact) mass is 146 g/mol. The Bertz CT molecular complexity index is 111. The fourth-order valence-corrected chi connectivity index (χ4v) is 0.567. The van der Waals surface area contributed by atoms with Crippen LogP contribution in [0.4, 0.5) is 0 Å². The molecule has 0 aliphatic heterocycles. The van der Waals surface area contributed by atoms with Crippen molar-refractivity contribution in [3.63, 3.8) is 0 Å². The van der Waals surface area contributed by atoms with Gasteiger partial charge < -0.3 is 10.0 Å². The molecule has 1 radical (unpaired) electrons. The van der Waals surface area contributed by atoms with Crippen LogP contribution in [-0.4, -0.2) is 23.1 Å². The Labute approximate surface area is 60.4 Å². The van der Waals surface area contributed by atoms with Crippen LogP contribution in [-0.2, 0) is 4.84 Å². The fourth-order valence-electron chi connectivity index (χ4n) is 0.567. The maximum absolute atomic E-state index is 10.7. The second-order valence-electron chi connectivity index (χ2n) is 1.60. The standard InChI is InChI=1S/C5H12N3O2/c1-4-7(5-2)8(9)6-10-3/h3-5H2,1-2H3/b8-6+. The number of rotatable bonds is 4. The van der Waals surface area contributed by atoms with Gasteiger partial charge in [-0.25, -0.2) is 0 Å². The summed E-state index contributed by atoms with van der Waals surface area (Å²) in [7, 11) is 2.94. The van der Waals surface area contributed by atoms with E-state index >= 15 is 0 Å². The second kappa shape index (κ2) is 4.84. The van der Waals surface area contributed by atoms with Crippen LogP contribution in [0.25, 0.3) is 0 Å². The van der Waals surface area contributed by atoms with Crippen molar-refractivity contribution in [2.24, 2.45) is 5.28 Å². The van der Waals surface area contributed by atoms with Crippen molar-refractivity contribution in [3.05, 3.63) is 12.3 Å². The Morgan fingerprint density at radius 2 is 2.10 bits per heavy atom. The summed E-state index contributed by atoms with van der Waals surface area (Å²) in [5.41, 5.74) is 0. The summed E-state index contributed by atoms with van der Waals surface area (Å²) in [5, 5.41) is 15.2. The molecule has 0 N–H and O–H groups in total. The van der Waals surface area contributed by atoms with E-state index in [-0.39, 0.29) is 0 Å². The van der Waals surface area contributed by atoms with E-state index in [2.05, 4.69) is 17.2 Å². The first-order valence-corrected chi connectivity index (χ1v) is 3.10. The topological polar surface area (TPSA) is 50.9 Å². The van der Waals surface area contributed by atoms with E-state index in [4.69, 9.17) is 0 Å². The van der Waals surface area contributed by atoms with Gasteiger partial charge in [-0.15, -0.1) is 5.01 Å². The molecule has 0 spiro atoms. The molecule has 0 saturated carbocycles. The van der Waals surface area contributed by atoms with Crippen LogP contribution in [0.5, 0.6) is 0 Å². The van der Waals surface area contributed by atoms with Crippen molar-refractivity contribution in [3.8, 4) is 0 Å². The van der Waals surface area contributed by atoms with Crippen molar-refractivity contribution in [2.75, 3.05) is 13.1 Å². The number of hydrazine groups is 1. The van der Waals surface area contributed by atoms with Crippen molar-refractivity contribution in [2.45, 2.75) is 13.8 Å². The first-order chi connectivity index (χ1) is 4.76. The minimum absolute atomic E-state index is 0.382. The van der Waals surface area contributed by atoms with Gasteiger partial charge in [-0.2, -0.15) is 0 Å². The first kappa shape index (κ1) is 9.00. The zero-order valence-electron chi connectivity index (χ0n) is 6.28. The average Bonchev–Trinajstić information content (AvgIpc) is 1.91. The highest BCUT2D eigenvalue weighted by Crippen LogP contribution is 1.88. The molecule has 0 saturated heterocycles. The molecule has 0 amide bonds. The molecular formula is C5H12N3O2. The highest BCUT2D eigenvalue weighted by Gasteiger charge is 2.05. The molecule has 0 rings (SSSR count). The third-order valence-electron chi connectivity index (χ3n) is 1.10. The predicted octanol–water partition coefficient (Wildman–Crippen LogP) is 0.929. The van der Waals surface area contributed by atoms with Gasteiger partial charge in [0.05, 0.1) is 18.1 Å². The lowest BCUT2D eigenvalue weighted by atomic mass is 10.6. The lowest BCUT2D eigenvalue weighted by Gasteiger charge is -2.12. The van der Waals surface area contributed by atoms with Crippen LogP contribution in [0.2, 0.25) is 0 Å². The largest absolute Gasteiger partial charge is 0.569 e. The van der Waals surface area contributed by atoms with Crippen LogP contribution >= 0.6 is 0 Å². The van der Waals surface area contributed by atoms with Gasteiger partial charge >= 0.3 is 0 Å². The number of nitrogens with zero attached hydrogens (tertiary/aromatic N) is 3. The lowest BCUT2D eigenvalue weighted by Crippen LogP contribution is -2.29. The maximum atomic E-state index is 10.7. The lowest BCUT2D eigenvalue weighted by molar-refractivity contribution is -0.708. The summed E-state index contributed by atoms with van der Waals surface area (Å²) in [4.78, 5) is 4.42. The van der Waals surface area contributed by atoms with Crippen LogP contribution in [0.1, 0.15) is 13.8 Å². The second-order valence-corrected chi connectivity index (χ2v) is 1.60. The molecule has 0 unspecified atom stereocenters. The van der Waals surface area contributed by atoms with Crippen molar-refractivity contribution < 1.29 is 9.81 Å². The summed E-state index contributed by atoms with van der Waals surface area (Å²) in [6.45, 7) is 4.92. The molecule has 59 valence electrons. The molecule has 0 aromatic rings. The zero-order chi connectivity index (χ0) is 7.98. The smallest absolute Gasteiger partial charge is 0.233 e. The Balaban J connectivity index is 3.87. The normalized spacial score (nSPS) is 11.3. The predicted molar refractivity (Wildman–Crippen MR) is 35.4 cm³/mol. The van der Waals surface area contributed by atoms with E-state index < -0.39 is 0 Å². The highest BCUT2D eigenvalue weighted by atomic mass is 16.7. The van der Waals surface area contributed by atoms with Gasteiger partial charge in [0, 0.05) is 0 Å². The van der Waals surface area contributed by atoms with Gasteiger partial charge in [0.15, 0.2) is 7.11 Å².